The molecule has 0 saturated carbocycles. The highest BCUT2D eigenvalue weighted by Crippen LogP contribution is 2.22. The maximum absolute atomic E-state index is 13.3. The highest BCUT2D eigenvalue weighted by atomic mass is 127. The first-order chi connectivity index (χ1) is 9.49. The summed E-state index contributed by atoms with van der Waals surface area (Å²) in [6, 6.07) is 6.77. The molecule has 1 aromatic carbocycles. The molecule has 5 heteroatoms. The second-order valence-electron chi connectivity index (χ2n) is 5.60. The first-order valence-electron chi connectivity index (χ1n) is 7.20. The molecule has 1 aromatic rings. The van der Waals surface area contributed by atoms with Crippen LogP contribution in [0, 0.1) is 5.82 Å². The number of nitrogens with zero attached hydrogens (tertiary/aromatic N) is 1. The third kappa shape index (κ3) is 7.11. The van der Waals surface area contributed by atoms with Crippen LogP contribution in [-0.2, 0) is 5.41 Å². The zero-order chi connectivity index (χ0) is 15.0. The second-order valence-corrected chi connectivity index (χ2v) is 5.60. The molecule has 2 N–H and O–H groups in total. The monoisotopic (exact) mass is 407 g/mol. The normalized spacial score (nSPS) is 11.8. The van der Waals surface area contributed by atoms with E-state index in [1.165, 1.54) is 6.07 Å². The first kappa shape index (κ1) is 20.1. The van der Waals surface area contributed by atoms with Gasteiger partial charge in [0, 0.05) is 25.6 Å². The molecule has 0 spiro atoms. The summed E-state index contributed by atoms with van der Waals surface area (Å²) in [5.74, 6) is 0.601. The molecule has 21 heavy (non-hydrogen) atoms. The van der Waals surface area contributed by atoms with Crippen LogP contribution in [0.1, 0.15) is 39.2 Å². The van der Waals surface area contributed by atoms with Gasteiger partial charge in [0.05, 0.1) is 0 Å². The molecule has 0 heterocycles. The van der Waals surface area contributed by atoms with Crippen LogP contribution >= 0.6 is 24.0 Å². The van der Waals surface area contributed by atoms with Crippen molar-refractivity contribution in [3.05, 3.63) is 35.6 Å². The molecule has 1 rings (SSSR count). The number of hydrogen-bond acceptors (Lipinski definition) is 1. The fourth-order valence-electron chi connectivity index (χ4n) is 1.92. The molecular formula is C16H27FIN3. The Kier molecular flexibility index (Phi) is 9.57. The molecule has 0 aliphatic carbocycles. The predicted molar refractivity (Wildman–Crippen MR) is 99.1 cm³/mol. The molecule has 0 aliphatic heterocycles. The summed E-state index contributed by atoms with van der Waals surface area (Å²) in [7, 11) is 1.76. The van der Waals surface area contributed by atoms with Gasteiger partial charge in [-0.15, -0.1) is 24.0 Å². The van der Waals surface area contributed by atoms with E-state index < -0.39 is 0 Å². The molecule has 0 atom stereocenters. The summed E-state index contributed by atoms with van der Waals surface area (Å²) in [4.78, 5) is 4.19. The Morgan fingerprint density at radius 2 is 2.00 bits per heavy atom. The van der Waals surface area contributed by atoms with Gasteiger partial charge < -0.3 is 10.6 Å². The SMILES string of the molecule is CCCCNC(=NC)NCC(C)(C)c1cccc(F)c1.I. The maximum atomic E-state index is 13.3. The van der Waals surface area contributed by atoms with Crippen LogP contribution in [0.25, 0.3) is 0 Å². The number of nitrogens with one attached hydrogen (secondary N) is 2. The van der Waals surface area contributed by atoms with Crippen molar-refractivity contribution in [3.63, 3.8) is 0 Å². The Bertz CT molecular complexity index is 447. The lowest BCUT2D eigenvalue weighted by Crippen LogP contribution is -2.43. The fraction of sp³-hybridized carbons (Fsp3) is 0.562. The lowest BCUT2D eigenvalue weighted by atomic mass is 9.84. The minimum Gasteiger partial charge on any atom is -0.356 e. The average molecular weight is 407 g/mol. The van der Waals surface area contributed by atoms with E-state index in [1.54, 1.807) is 19.2 Å². The lowest BCUT2D eigenvalue weighted by Gasteiger charge is -2.26. The molecule has 0 aliphatic rings. The third-order valence-corrected chi connectivity index (χ3v) is 3.35. The summed E-state index contributed by atoms with van der Waals surface area (Å²) >= 11 is 0. The van der Waals surface area contributed by atoms with Gasteiger partial charge in [0.2, 0.25) is 0 Å². The number of benzene rings is 1. The van der Waals surface area contributed by atoms with E-state index in [0.29, 0.717) is 6.54 Å². The van der Waals surface area contributed by atoms with Crippen molar-refractivity contribution in [2.75, 3.05) is 20.1 Å². The number of hydrogen-bond donors (Lipinski definition) is 2. The van der Waals surface area contributed by atoms with Crippen molar-refractivity contribution in [3.8, 4) is 0 Å². The van der Waals surface area contributed by atoms with Crippen molar-refractivity contribution in [1.29, 1.82) is 0 Å². The summed E-state index contributed by atoms with van der Waals surface area (Å²) < 4.78 is 13.3. The molecule has 120 valence electrons. The van der Waals surface area contributed by atoms with E-state index in [9.17, 15) is 4.39 Å². The van der Waals surface area contributed by atoms with Gasteiger partial charge in [0.25, 0.3) is 0 Å². The zero-order valence-electron chi connectivity index (χ0n) is 13.4. The van der Waals surface area contributed by atoms with E-state index in [1.807, 2.05) is 6.07 Å². The van der Waals surface area contributed by atoms with Crippen molar-refractivity contribution in [2.24, 2.45) is 4.99 Å². The highest BCUT2D eigenvalue weighted by molar-refractivity contribution is 14.0. The molecular weight excluding hydrogens is 380 g/mol. The minimum atomic E-state index is -0.193. The number of guanidine groups is 1. The highest BCUT2D eigenvalue weighted by Gasteiger charge is 2.21. The van der Waals surface area contributed by atoms with Crippen molar-refractivity contribution >= 4 is 29.9 Å². The standard InChI is InChI=1S/C16H26FN3.HI/c1-5-6-10-19-15(18-4)20-12-16(2,3)13-8-7-9-14(17)11-13;/h7-9,11H,5-6,10,12H2,1-4H3,(H2,18,19,20);1H. The largest absolute Gasteiger partial charge is 0.356 e. The molecule has 0 bridgehead atoms. The Hall–Kier alpha value is -0.850. The minimum absolute atomic E-state index is 0. The topological polar surface area (TPSA) is 36.4 Å². The summed E-state index contributed by atoms with van der Waals surface area (Å²) in [5.41, 5.74) is 0.818. The Labute approximate surface area is 144 Å². The molecule has 0 fully saturated rings. The maximum Gasteiger partial charge on any atom is 0.191 e. The number of halogens is 2. The summed E-state index contributed by atoms with van der Waals surface area (Å²) in [6.07, 6.45) is 2.27. The van der Waals surface area contributed by atoms with Gasteiger partial charge in [-0.05, 0) is 24.1 Å². The van der Waals surface area contributed by atoms with Gasteiger partial charge in [-0.3, -0.25) is 4.99 Å². The van der Waals surface area contributed by atoms with Crippen molar-refractivity contribution in [1.82, 2.24) is 10.6 Å². The van der Waals surface area contributed by atoms with E-state index in [4.69, 9.17) is 0 Å². The second kappa shape index (κ2) is 9.97. The quantitative estimate of drug-likeness (QED) is 0.327. The number of aliphatic imine (C=N–C) groups is 1. The molecule has 0 amide bonds. The molecule has 3 nitrogen and oxygen atoms in total. The van der Waals surface area contributed by atoms with Crippen LogP contribution in [0.3, 0.4) is 0 Å². The van der Waals surface area contributed by atoms with E-state index >= 15 is 0 Å². The Morgan fingerprint density at radius 1 is 1.29 bits per heavy atom. The number of unbranched alkanes of at least 4 members (excludes halogenated alkanes) is 1. The Morgan fingerprint density at radius 3 is 2.57 bits per heavy atom. The van der Waals surface area contributed by atoms with Gasteiger partial charge in [-0.2, -0.15) is 0 Å². The number of rotatable bonds is 6. The first-order valence-corrected chi connectivity index (χ1v) is 7.20. The van der Waals surface area contributed by atoms with E-state index in [-0.39, 0.29) is 35.2 Å². The molecule has 0 radical (unpaired) electrons. The average Bonchev–Trinajstić information content (AvgIpc) is 2.42. The zero-order valence-corrected chi connectivity index (χ0v) is 15.7. The van der Waals surface area contributed by atoms with Gasteiger partial charge in [-0.25, -0.2) is 4.39 Å². The van der Waals surface area contributed by atoms with Crippen LogP contribution in [0.15, 0.2) is 29.3 Å². The van der Waals surface area contributed by atoms with E-state index in [0.717, 1.165) is 30.9 Å². The van der Waals surface area contributed by atoms with Crippen molar-refractivity contribution < 1.29 is 4.39 Å². The van der Waals surface area contributed by atoms with Crippen LogP contribution in [-0.4, -0.2) is 26.1 Å². The third-order valence-electron chi connectivity index (χ3n) is 3.35. The van der Waals surface area contributed by atoms with E-state index in [2.05, 4.69) is 36.4 Å². The van der Waals surface area contributed by atoms with Crippen molar-refractivity contribution in [2.45, 2.75) is 39.0 Å². The van der Waals surface area contributed by atoms with Gasteiger partial charge in [-0.1, -0.05) is 39.3 Å². The van der Waals surface area contributed by atoms with Gasteiger partial charge in [0.1, 0.15) is 5.82 Å². The summed E-state index contributed by atoms with van der Waals surface area (Å²) in [5, 5.41) is 6.57. The summed E-state index contributed by atoms with van der Waals surface area (Å²) in [6.45, 7) is 7.95. The van der Waals surface area contributed by atoms with Crippen LogP contribution in [0.4, 0.5) is 4.39 Å². The van der Waals surface area contributed by atoms with Crippen LogP contribution in [0.5, 0.6) is 0 Å². The molecule has 0 saturated heterocycles. The van der Waals surface area contributed by atoms with Crippen LogP contribution < -0.4 is 10.6 Å². The molecule has 0 aromatic heterocycles. The predicted octanol–water partition coefficient (Wildman–Crippen LogP) is 3.69. The smallest absolute Gasteiger partial charge is 0.191 e. The van der Waals surface area contributed by atoms with Gasteiger partial charge >= 0.3 is 0 Å². The Balaban J connectivity index is 0.00000400. The van der Waals surface area contributed by atoms with Crippen LogP contribution in [0.2, 0.25) is 0 Å². The van der Waals surface area contributed by atoms with Gasteiger partial charge in [0.15, 0.2) is 5.96 Å². The molecule has 0 unspecified atom stereocenters. The lowest BCUT2D eigenvalue weighted by molar-refractivity contribution is 0.503. The fourth-order valence-corrected chi connectivity index (χ4v) is 1.92.